The first-order chi connectivity index (χ1) is 13.4. The third-order valence-electron chi connectivity index (χ3n) is 4.93. The molecule has 1 N–H and O–H groups in total. The Balaban J connectivity index is 3.34. The highest BCUT2D eigenvalue weighted by Gasteiger charge is 2.40. The van der Waals surface area contributed by atoms with Gasteiger partial charge in [-0.05, 0) is 32.3 Å². The van der Waals surface area contributed by atoms with Gasteiger partial charge in [0.15, 0.2) is 0 Å². The van der Waals surface area contributed by atoms with E-state index in [1.807, 2.05) is 18.2 Å². The fourth-order valence-corrected chi connectivity index (χ4v) is 3.59. The smallest absolute Gasteiger partial charge is 0.333 e. The topological polar surface area (TPSA) is 67.9 Å². The summed E-state index contributed by atoms with van der Waals surface area (Å²) in [7, 11) is 0. The summed E-state index contributed by atoms with van der Waals surface area (Å²) < 4.78 is 11.6. The van der Waals surface area contributed by atoms with Crippen LogP contribution in [0.4, 0.5) is 0 Å². The first-order valence-electron chi connectivity index (χ1n) is 10.2. The van der Waals surface area contributed by atoms with Gasteiger partial charge in [-0.3, -0.25) is 9.69 Å². The molecule has 6 nitrogen and oxygen atoms in total. The number of hydrogen-bond donors (Lipinski definition) is 1. The normalized spacial score (nSPS) is 21.9. The molecule has 1 amide bonds. The van der Waals surface area contributed by atoms with Crippen molar-refractivity contribution in [2.75, 3.05) is 19.7 Å². The summed E-state index contributed by atoms with van der Waals surface area (Å²) in [5, 5.41) is 3.05. The van der Waals surface area contributed by atoms with E-state index < -0.39 is 6.10 Å². The molecule has 0 aliphatic heterocycles. The van der Waals surface area contributed by atoms with Gasteiger partial charge in [-0.1, -0.05) is 26.0 Å². The minimum Gasteiger partial charge on any atom is -0.463 e. The van der Waals surface area contributed by atoms with E-state index >= 15 is 0 Å². The van der Waals surface area contributed by atoms with Crippen LogP contribution in [0.2, 0.25) is 0 Å². The van der Waals surface area contributed by atoms with Gasteiger partial charge in [-0.25, -0.2) is 4.79 Å². The fourth-order valence-electron chi connectivity index (χ4n) is 3.59. The number of carbonyl (C=O) groups excluding carboxylic acids is 2. The van der Waals surface area contributed by atoms with Crippen molar-refractivity contribution in [3.05, 3.63) is 37.0 Å². The highest BCUT2D eigenvalue weighted by Crippen LogP contribution is 2.28. The quantitative estimate of drug-likeness (QED) is 0.408. The van der Waals surface area contributed by atoms with E-state index in [-0.39, 0.29) is 30.1 Å². The predicted molar refractivity (Wildman–Crippen MR) is 112 cm³/mol. The molecule has 0 radical (unpaired) electrons. The van der Waals surface area contributed by atoms with Gasteiger partial charge in [-0.2, -0.15) is 0 Å². The first kappa shape index (κ1) is 24.1. The molecule has 0 aromatic carbocycles. The Bertz CT molecular complexity index is 559. The maximum Gasteiger partial charge on any atom is 0.333 e. The summed E-state index contributed by atoms with van der Waals surface area (Å²) in [6.07, 6.45) is 7.27. The van der Waals surface area contributed by atoms with Crippen molar-refractivity contribution in [3.63, 3.8) is 0 Å². The Morgan fingerprint density at radius 1 is 1.25 bits per heavy atom. The van der Waals surface area contributed by atoms with Crippen LogP contribution in [0.25, 0.3) is 0 Å². The van der Waals surface area contributed by atoms with Crippen molar-refractivity contribution >= 4 is 11.9 Å². The predicted octanol–water partition coefficient (Wildman–Crippen LogP) is 3.00. The van der Waals surface area contributed by atoms with Gasteiger partial charge in [0.05, 0.1) is 24.9 Å². The van der Waals surface area contributed by atoms with E-state index in [9.17, 15) is 9.59 Å². The molecule has 0 aromatic heterocycles. The van der Waals surface area contributed by atoms with Crippen LogP contribution in [0.1, 0.15) is 47.0 Å². The molecule has 0 aromatic rings. The molecular weight excluding hydrogens is 356 g/mol. The van der Waals surface area contributed by atoms with Gasteiger partial charge in [0, 0.05) is 31.6 Å². The standard InChI is InChI=1S/C22H36N2O4/c1-7-12-24(13-8-2)19-14-17(22(26)27-11-5)15-20(21(19)23-16(6)25)28-18(9-3)10-4/h7-8,15,18-21H,1-2,9-14H2,3-6H3,(H,23,25)/t19-,20+,21-/m1/s1. The molecule has 1 aliphatic rings. The van der Waals surface area contributed by atoms with Gasteiger partial charge < -0.3 is 14.8 Å². The van der Waals surface area contributed by atoms with E-state index in [1.165, 1.54) is 6.92 Å². The van der Waals surface area contributed by atoms with Crippen molar-refractivity contribution in [2.24, 2.45) is 0 Å². The van der Waals surface area contributed by atoms with Gasteiger partial charge in [-0.15, -0.1) is 13.2 Å². The van der Waals surface area contributed by atoms with Crippen LogP contribution in [-0.2, 0) is 19.1 Å². The summed E-state index contributed by atoms with van der Waals surface area (Å²) in [6.45, 7) is 16.7. The van der Waals surface area contributed by atoms with Crippen molar-refractivity contribution < 1.29 is 19.1 Å². The molecule has 0 heterocycles. The number of carbonyl (C=O) groups is 2. The lowest BCUT2D eigenvalue weighted by Crippen LogP contribution is -2.59. The van der Waals surface area contributed by atoms with Crippen LogP contribution in [-0.4, -0.2) is 60.8 Å². The Labute approximate surface area is 169 Å². The second-order valence-corrected chi connectivity index (χ2v) is 6.98. The van der Waals surface area contributed by atoms with Gasteiger partial charge in [0.25, 0.3) is 0 Å². The fraction of sp³-hybridized carbons (Fsp3) is 0.636. The number of esters is 1. The molecule has 0 unspecified atom stereocenters. The lowest BCUT2D eigenvalue weighted by molar-refractivity contribution is -0.139. The van der Waals surface area contributed by atoms with Crippen LogP contribution in [0.3, 0.4) is 0 Å². The molecule has 0 bridgehead atoms. The number of hydrogen-bond acceptors (Lipinski definition) is 5. The third-order valence-corrected chi connectivity index (χ3v) is 4.93. The first-order valence-corrected chi connectivity index (χ1v) is 10.2. The number of ether oxygens (including phenoxy) is 2. The van der Waals surface area contributed by atoms with E-state index in [1.54, 1.807) is 6.92 Å². The van der Waals surface area contributed by atoms with Gasteiger partial charge in [0.1, 0.15) is 0 Å². The van der Waals surface area contributed by atoms with E-state index in [0.717, 1.165) is 12.8 Å². The van der Waals surface area contributed by atoms with E-state index in [2.05, 4.69) is 37.2 Å². The van der Waals surface area contributed by atoms with Crippen LogP contribution >= 0.6 is 0 Å². The Kier molecular flexibility index (Phi) is 10.8. The second-order valence-electron chi connectivity index (χ2n) is 6.98. The molecule has 28 heavy (non-hydrogen) atoms. The van der Waals surface area contributed by atoms with Crippen molar-refractivity contribution in [1.29, 1.82) is 0 Å². The maximum atomic E-state index is 12.5. The summed E-state index contributed by atoms with van der Waals surface area (Å²) in [5.41, 5.74) is 0.586. The number of amides is 1. The van der Waals surface area contributed by atoms with Crippen LogP contribution in [0, 0.1) is 0 Å². The molecule has 0 saturated carbocycles. The van der Waals surface area contributed by atoms with Crippen LogP contribution in [0.5, 0.6) is 0 Å². The molecule has 0 saturated heterocycles. The van der Waals surface area contributed by atoms with Crippen molar-refractivity contribution in [3.8, 4) is 0 Å². The van der Waals surface area contributed by atoms with E-state index in [4.69, 9.17) is 9.47 Å². The summed E-state index contributed by atoms with van der Waals surface area (Å²) in [6, 6.07) is -0.417. The Morgan fingerprint density at radius 3 is 2.32 bits per heavy atom. The van der Waals surface area contributed by atoms with Crippen molar-refractivity contribution in [2.45, 2.75) is 71.2 Å². The molecule has 0 fully saturated rings. The number of nitrogens with one attached hydrogen (secondary N) is 1. The molecule has 1 aliphatic carbocycles. The highest BCUT2D eigenvalue weighted by molar-refractivity contribution is 5.89. The third kappa shape index (κ3) is 6.91. The summed E-state index contributed by atoms with van der Waals surface area (Å²) in [4.78, 5) is 26.6. The minimum absolute atomic E-state index is 0.0481. The second kappa shape index (κ2) is 12.5. The minimum atomic E-state index is -0.413. The average molecular weight is 393 g/mol. The lowest BCUT2D eigenvalue weighted by Gasteiger charge is -2.43. The highest BCUT2D eigenvalue weighted by atomic mass is 16.5. The van der Waals surface area contributed by atoms with E-state index in [0.29, 0.717) is 31.7 Å². The lowest BCUT2D eigenvalue weighted by atomic mass is 9.86. The zero-order chi connectivity index (χ0) is 21.1. The molecule has 6 heteroatoms. The Hall–Kier alpha value is -1.92. The van der Waals surface area contributed by atoms with Crippen molar-refractivity contribution in [1.82, 2.24) is 10.2 Å². The zero-order valence-corrected chi connectivity index (χ0v) is 17.8. The number of rotatable bonds is 12. The van der Waals surface area contributed by atoms with Gasteiger partial charge >= 0.3 is 5.97 Å². The average Bonchev–Trinajstić information content (AvgIpc) is 2.66. The largest absolute Gasteiger partial charge is 0.463 e. The summed E-state index contributed by atoms with van der Waals surface area (Å²) in [5.74, 6) is -0.456. The molecule has 1 rings (SSSR count). The monoisotopic (exact) mass is 392 g/mol. The molecule has 0 spiro atoms. The molecule has 3 atom stereocenters. The molecule has 158 valence electrons. The SMILES string of the molecule is C=CCN(CC=C)[C@@H]1CC(C(=O)OCC)=C[C@H](OC(CC)CC)[C@@H]1NC(C)=O. The van der Waals surface area contributed by atoms with Crippen LogP contribution < -0.4 is 5.32 Å². The summed E-state index contributed by atoms with van der Waals surface area (Å²) >= 11 is 0. The zero-order valence-electron chi connectivity index (χ0n) is 17.8. The molecular formula is C22H36N2O4. The van der Waals surface area contributed by atoms with Gasteiger partial charge in [0.2, 0.25) is 5.91 Å². The Morgan fingerprint density at radius 2 is 1.86 bits per heavy atom. The van der Waals surface area contributed by atoms with Crippen LogP contribution in [0.15, 0.2) is 37.0 Å². The number of nitrogens with zero attached hydrogens (tertiary/aromatic N) is 1. The maximum absolute atomic E-state index is 12.5.